The predicted octanol–water partition coefficient (Wildman–Crippen LogP) is 2.43. The molecule has 3 aromatic rings. The van der Waals surface area contributed by atoms with E-state index in [0.717, 1.165) is 5.56 Å². The van der Waals surface area contributed by atoms with E-state index in [-0.39, 0.29) is 24.3 Å². The Hall–Kier alpha value is -4.13. The maximum Gasteiger partial charge on any atom is 0.253 e. The number of sulfone groups is 1. The summed E-state index contributed by atoms with van der Waals surface area (Å²) in [7, 11) is -3.77. The van der Waals surface area contributed by atoms with Crippen molar-refractivity contribution in [3.05, 3.63) is 102 Å². The number of amides is 3. The van der Waals surface area contributed by atoms with Gasteiger partial charge in [0.05, 0.1) is 35.1 Å². The lowest BCUT2D eigenvalue weighted by Crippen LogP contribution is -2.59. The number of pyridine rings is 1. The summed E-state index contributed by atoms with van der Waals surface area (Å²) in [5, 5.41) is 31.1. The van der Waals surface area contributed by atoms with Crippen molar-refractivity contribution in [1.29, 1.82) is 0 Å². The molecule has 12 heteroatoms. The van der Waals surface area contributed by atoms with Crippen LogP contribution in [-0.4, -0.2) is 77.1 Å². The molecule has 5 atom stereocenters. The van der Waals surface area contributed by atoms with Crippen LogP contribution in [0.25, 0.3) is 0 Å². The van der Waals surface area contributed by atoms with Crippen LogP contribution in [0.1, 0.15) is 55.1 Å². The Balaban J connectivity index is 1.88. The molecule has 254 valence electrons. The molecule has 1 aromatic heterocycles. The smallest absolute Gasteiger partial charge is 0.253 e. The first-order valence-corrected chi connectivity index (χ1v) is 17.7. The lowest BCUT2D eigenvalue weighted by molar-refractivity contribution is -0.136. The molecule has 0 aliphatic carbocycles. The highest BCUT2D eigenvalue weighted by Crippen LogP contribution is 2.22. The Morgan fingerprint density at radius 1 is 0.830 bits per heavy atom. The molecule has 0 saturated heterocycles. The summed E-state index contributed by atoms with van der Waals surface area (Å²) in [5.74, 6) is -4.29. The number of rotatable bonds is 18. The fourth-order valence-electron chi connectivity index (χ4n) is 5.24. The molecule has 0 radical (unpaired) electrons. The van der Waals surface area contributed by atoms with Gasteiger partial charge in [-0.15, -0.1) is 0 Å². The molecule has 11 nitrogen and oxygen atoms in total. The molecule has 0 fully saturated rings. The molecule has 3 rings (SSSR count). The van der Waals surface area contributed by atoms with Crippen molar-refractivity contribution in [2.24, 2.45) is 11.8 Å². The summed E-state index contributed by atoms with van der Waals surface area (Å²) < 4.78 is 25.9. The van der Waals surface area contributed by atoms with E-state index in [2.05, 4.69) is 20.9 Å². The molecule has 3 amide bonds. The van der Waals surface area contributed by atoms with Crippen LogP contribution in [-0.2, 0) is 32.4 Å². The van der Waals surface area contributed by atoms with E-state index < -0.39 is 69.4 Å². The third-order valence-electron chi connectivity index (χ3n) is 7.86. The van der Waals surface area contributed by atoms with Crippen LogP contribution in [0.3, 0.4) is 0 Å². The number of benzene rings is 2. The third kappa shape index (κ3) is 11.9. The van der Waals surface area contributed by atoms with Crippen LogP contribution >= 0.6 is 0 Å². The number of hydrogen-bond acceptors (Lipinski definition) is 8. The fourth-order valence-corrected chi connectivity index (χ4v) is 6.87. The second-order valence-corrected chi connectivity index (χ2v) is 14.2. The number of carbonyl (C=O) groups is 3. The van der Waals surface area contributed by atoms with Gasteiger partial charge in [0.25, 0.3) is 5.91 Å². The van der Waals surface area contributed by atoms with Crippen molar-refractivity contribution in [2.45, 2.75) is 70.9 Å². The molecule has 5 unspecified atom stereocenters. The zero-order chi connectivity index (χ0) is 34.4. The molecule has 1 heterocycles. The topological polar surface area (TPSA) is 175 Å². The number of nitrogens with zero attached hydrogens (tertiary/aromatic N) is 1. The van der Waals surface area contributed by atoms with Gasteiger partial charge in [-0.25, -0.2) is 8.42 Å². The summed E-state index contributed by atoms with van der Waals surface area (Å²) in [6.07, 6.45) is 0.589. The SMILES string of the molecule is CCCCS(=O)(=O)CC(NC(=O)c1cccnc1)C(=O)NC(Cc1ccccc1)C(O)C(O)C(C(=O)NCc1ccccc1)C(C)C. The highest BCUT2D eigenvalue weighted by Gasteiger charge is 2.39. The maximum absolute atomic E-state index is 13.8. The average molecular weight is 667 g/mol. The monoisotopic (exact) mass is 666 g/mol. The van der Waals surface area contributed by atoms with Crippen LogP contribution in [0.5, 0.6) is 0 Å². The fraction of sp³-hybridized carbons (Fsp3) is 0.429. The quantitative estimate of drug-likeness (QED) is 0.138. The molecule has 0 bridgehead atoms. The van der Waals surface area contributed by atoms with Crippen molar-refractivity contribution in [3.8, 4) is 0 Å². The van der Waals surface area contributed by atoms with Crippen LogP contribution in [0.2, 0.25) is 0 Å². The highest BCUT2D eigenvalue weighted by atomic mass is 32.2. The Morgan fingerprint density at radius 2 is 1.47 bits per heavy atom. The lowest BCUT2D eigenvalue weighted by Gasteiger charge is -2.34. The Morgan fingerprint density at radius 3 is 2.04 bits per heavy atom. The first-order valence-electron chi connectivity index (χ1n) is 15.8. The van der Waals surface area contributed by atoms with E-state index in [1.807, 2.05) is 37.3 Å². The first-order chi connectivity index (χ1) is 22.4. The van der Waals surface area contributed by atoms with Gasteiger partial charge < -0.3 is 26.2 Å². The number of carbonyl (C=O) groups excluding carboxylic acids is 3. The summed E-state index contributed by atoms with van der Waals surface area (Å²) in [5.41, 5.74) is 1.71. The van der Waals surface area contributed by atoms with E-state index in [1.54, 1.807) is 44.2 Å². The first kappa shape index (κ1) is 37.3. The number of aromatic nitrogens is 1. The number of nitrogens with one attached hydrogen (secondary N) is 3. The third-order valence-corrected chi connectivity index (χ3v) is 9.61. The minimum Gasteiger partial charge on any atom is -0.390 e. The molecule has 2 aromatic carbocycles. The number of aliphatic hydroxyl groups is 2. The zero-order valence-electron chi connectivity index (χ0n) is 27.1. The number of unbranched alkanes of at least 4 members (excludes halogenated alkanes) is 1. The van der Waals surface area contributed by atoms with Gasteiger partial charge in [-0.1, -0.05) is 87.9 Å². The minimum atomic E-state index is -3.77. The van der Waals surface area contributed by atoms with Gasteiger partial charge in [0.2, 0.25) is 11.8 Å². The van der Waals surface area contributed by atoms with E-state index in [4.69, 9.17) is 0 Å². The largest absolute Gasteiger partial charge is 0.390 e. The second kappa shape index (κ2) is 18.3. The van der Waals surface area contributed by atoms with E-state index >= 15 is 0 Å². The average Bonchev–Trinajstić information content (AvgIpc) is 3.06. The summed E-state index contributed by atoms with van der Waals surface area (Å²) in [4.78, 5) is 44.1. The Bertz CT molecular complexity index is 1520. The molecular weight excluding hydrogens is 620 g/mol. The molecule has 0 spiro atoms. The van der Waals surface area contributed by atoms with Gasteiger partial charge in [-0.3, -0.25) is 19.4 Å². The molecule has 47 heavy (non-hydrogen) atoms. The summed E-state index contributed by atoms with van der Waals surface area (Å²) >= 11 is 0. The zero-order valence-corrected chi connectivity index (χ0v) is 27.9. The van der Waals surface area contributed by atoms with Crippen molar-refractivity contribution < 1.29 is 33.0 Å². The lowest BCUT2D eigenvalue weighted by atomic mass is 9.83. The molecular formula is C35H46N4O7S. The van der Waals surface area contributed by atoms with Gasteiger partial charge in [0, 0.05) is 18.9 Å². The van der Waals surface area contributed by atoms with Gasteiger partial charge >= 0.3 is 0 Å². The van der Waals surface area contributed by atoms with Gasteiger partial charge in [-0.2, -0.15) is 0 Å². The summed E-state index contributed by atoms with van der Waals surface area (Å²) in [6, 6.07) is 18.5. The Labute approximate surface area is 277 Å². The number of hydrogen-bond donors (Lipinski definition) is 5. The Kier molecular flexibility index (Phi) is 14.5. The van der Waals surface area contributed by atoms with Gasteiger partial charge in [0.15, 0.2) is 9.84 Å². The molecule has 0 aliphatic heterocycles. The van der Waals surface area contributed by atoms with Crippen LogP contribution < -0.4 is 16.0 Å². The van der Waals surface area contributed by atoms with Crippen molar-refractivity contribution in [1.82, 2.24) is 20.9 Å². The van der Waals surface area contributed by atoms with Crippen LogP contribution in [0.15, 0.2) is 85.2 Å². The van der Waals surface area contributed by atoms with Gasteiger partial charge in [-0.05, 0) is 42.0 Å². The second-order valence-electron chi connectivity index (χ2n) is 12.0. The normalized spacial score (nSPS) is 14.8. The summed E-state index contributed by atoms with van der Waals surface area (Å²) in [6.45, 7) is 5.56. The maximum atomic E-state index is 13.8. The van der Waals surface area contributed by atoms with Crippen molar-refractivity contribution >= 4 is 27.6 Å². The van der Waals surface area contributed by atoms with Crippen LogP contribution in [0.4, 0.5) is 0 Å². The van der Waals surface area contributed by atoms with Crippen molar-refractivity contribution in [2.75, 3.05) is 11.5 Å². The molecule has 0 saturated carbocycles. The predicted molar refractivity (Wildman–Crippen MR) is 180 cm³/mol. The van der Waals surface area contributed by atoms with Crippen LogP contribution in [0, 0.1) is 11.8 Å². The van der Waals surface area contributed by atoms with Crippen molar-refractivity contribution in [3.63, 3.8) is 0 Å². The number of aliphatic hydroxyl groups excluding tert-OH is 2. The highest BCUT2D eigenvalue weighted by molar-refractivity contribution is 7.91. The standard InChI is InChI=1S/C35H46N4O7S/c1-4-5-19-47(45,46)23-29(39-33(42)27-17-12-18-36-22-27)34(43)38-28(20-25-13-8-6-9-14-25)31(40)32(41)30(24(2)3)35(44)37-21-26-15-10-7-11-16-26/h6-18,22,24,28-32,40-41H,4-5,19-21,23H2,1-3H3,(H,37,44)(H,38,43)(H,39,42). The van der Waals surface area contributed by atoms with E-state index in [1.165, 1.54) is 24.5 Å². The molecule has 5 N–H and O–H groups in total. The van der Waals surface area contributed by atoms with E-state index in [0.29, 0.717) is 18.4 Å². The minimum absolute atomic E-state index is 0.0487. The molecule has 0 aliphatic rings. The van der Waals surface area contributed by atoms with Gasteiger partial charge in [0.1, 0.15) is 12.1 Å². The van der Waals surface area contributed by atoms with E-state index in [9.17, 15) is 33.0 Å².